The van der Waals surface area contributed by atoms with Gasteiger partial charge in [-0.15, -0.1) is 0 Å². The van der Waals surface area contributed by atoms with Crippen LogP contribution in [-0.2, 0) is 4.74 Å². The Morgan fingerprint density at radius 3 is 2.21 bits per heavy atom. The Hall–Kier alpha value is -0.0800. The van der Waals surface area contributed by atoms with Gasteiger partial charge in [-0.1, -0.05) is 33.1 Å². The van der Waals surface area contributed by atoms with Gasteiger partial charge in [-0.05, 0) is 56.9 Å². The first-order chi connectivity index (χ1) is 9.19. The second kappa shape index (κ2) is 7.64. The Morgan fingerprint density at radius 1 is 1.00 bits per heavy atom. The number of nitrogens with one attached hydrogen (secondary N) is 1. The molecule has 3 atom stereocenters. The van der Waals surface area contributed by atoms with Crippen molar-refractivity contribution in [2.24, 2.45) is 17.8 Å². The van der Waals surface area contributed by atoms with Gasteiger partial charge in [-0.3, -0.25) is 0 Å². The van der Waals surface area contributed by atoms with Gasteiger partial charge in [0.1, 0.15) is 0 Å². The molecule has 0 saturated heterocycles. The summed E-state index contributed by atoms with van der Waals surface area (Å²) < 4.78 is 6.27. The van der Waals surface area contributed by atoms with Gasteiger partial charge >= 0.3 is 0 Å². The van der Waals surface area contributed by atoms with Gasteiger partial charge in [0.25, 0.3) is 0 Å². The summed E-state index contributed by atoms with van der Waals surface area (Å²) in [6.45, 7) is 5.68. The van der Waals surface area contributed by atoms with Gasteiger partial charge in [0.05, 0.1) is 12.7 Å². The fourth-order valence-corrected chi connectivity index (χ4v) is 4.24. The molecule has 0 aliphatic heterocycles. The average Bonchev–Trinajstić information content (AvgIpc) is 2.39. The van der Waals surface area contributed by atoms with E-state index in [-0.39, 0.29) is 0 Å². The number of hydrogen-bond acceptors (Lipinski definition) is 2. The van der Waals surface area contributed by atoms with Crippen molar-refractivity contribution in [3.05, 3.63) is 0 Å². The molecule has 19 heavy (non-hydrogen) atoms. The second-order valence-electron chi connectivity index (χ2n) is 7.17. The van der Waals surface area contributed by atoms with Gasteiger partial charge in [-0.25, -0.2) is 0 Å². The van der Waals surface area contributed by atoms with Crippen molar-refractivity contribution in [2.45, 2.75) is 77.4 Å². The molecule has 2 heteroatoms. The van der Waals surface area contributed by atoms with E-state index in [1.54, 1.807) is 0 Å². The molecule has 0 amide bonds. The molecule has 1 N–H and O–H groups in total. The SMILES string of the molecule is CNC(COC1CC(C)CC(C)C1)C1CCCCC1. The van der Waals surface area contributed by atoms with E-state index in [2.05, 4.69) is 26.2 Å². The first-order valence-corrected chi connectivity index (χ1v) is 8.48. The number of ether oxygens (including phenoxy) is 1. The van der Waals surface area contributed by atoms with Gasteiger partial charge < -0.3 is 10.1 Å². The standard InChI is InChI=1S/C17H33NO/c1-13-9-14(2)11-16(10-13)19-12-17(18-3)15-7-5-4-6-8-15/h13-18H,4-12H2,1-3H3. The summed E-state index contributed by atoms with van der Waals surface area (Å²) in [6, 6.07) is 0.577. The maximum Gasteiger partial charge on any atom is 0.0625 e. The summed E-state index contributed by atoms with van der Waals surface area (Å²) in [5, 5.41) is 3.51. The molecule has 0 aromatic heterocycles. The van der Waals surface area contributed by atoms with E-state index < -0.39 is 0 Å². The van der Waals surface area contributed by atoms with Crippen LogP contribution in [-0.4, -0.2) is 25.8 Å². The Balaban J connectivity index is 1.75. The third-order valence-corrected chi connectivity index (χ3v) is 5.24. The number of likely N-dealkylation sites (N-methyl/N-ethyl adjacent to an activating group) is 1. The number of hydrogen-bond donors (Lipinski definition) is 1. The molecular formula is C17H33NO. The van der Waals surface area contributed by atoms with Crippen molar-refractivity contribution >= 4 is 0 Å². The van der Waals surface area contributed by atoms with Crippen LogP contribution in [0.4, 0.5) is 0 Å². The van der Waals surface area contributed by atoms with E-state index in [4.69, 9.17) is 4.74 Å². The Labute approximate surface area is 119 Å². The molecule has 2 aliphatic rings. The lowest BCUT2D eigenvalue weighted by atomic mass is 9.81. The molecule has 2 rings (SSSR count). The van der Waals surface area contributed by atoms with Crippen LogP contribution in [0.25, 0.3) is 0 Å². The average molecular weight is 267 g/mol. The summed E-state index contributed by atoms with van der Waals surface area (Å²) in [7, 11) is 2.11. The zero-order valence-corrected chi connectivity index (χ0v) is 13.2. The van der Waals surface area contributed by atoms with Crippen LogP contribution >= 0.6 is 0 Å². The fraction of sp³-hybridized carbons (Fsp3) is 1.00. The van der Waals surface area contributed by atoms with Gasteiger partial charge in [0.2, 0.25) is 0 Å². The molecule has 2 nitrogen and oxygen atoms in total. The topological polar surface area (TPSA) is 21.3 Å². The van der Waals surface area contributed by atoms with Crippen molar-refractivity contribution in [2.75, 3.05) is 13.7 Å². The lowest BCUT2D eigenvalue weighted by Gasteiger charge is -2.34. The zero-order chi connectivity index (χ0) is 13.7. The summed E-state index contributed by atoms with van der Waals surface area (Å²) in [4.78, 5) is 0. The van der Waals surface area contributed by atoms with Crippen molar-refractivity contribution in [3.63, 3.8) is 0 Å². The quantitative estimate of drug-likeness (QED) is 0.813. The normalized spacial score (nSPS) is 35.2. The molecule has 0 radical (unpaired) electrons. The maximum atomic E-state index is 6.27. The molecule has 0 heterocycles. The van der Waals surface area contributed by atoms with E-state index in [1.165, 1.54) is 51.4 Å². The van der Waals surface area contributed by atoms with Crippen LogP contribution in [0.2, 0.25) is 0 Å². The second-order valence-corrected chi connectivity index (χ2v) is 7.17. The molecule has 0 aromatic rings. The fourth-order valence-electron chi connectivity index (χ4n) is 4.24. The Morgan fingerprint density at radius 2 is 1.63 bits per heavy atom. The molecule has 2 fully saturated rings. The van der Waals surface area contributed by atoms with Crippen LogP contribution in [0.1, 0.15) is 65.2 Å². The Bertz CT molecular complexity index is 240. The first kappa shape index (κ1) is 15.3. The lowest BCUT2D eigenvalue weighted by Crippen LogP contribution is -2.40. The highest BCUT2D eigenvalue weighted by Crippen LogP contribution is 2.31. The van der Waals surface area contributed by atoms with E-state index in [9.17, 15) is 0 Å². The van der Waals surface area contributed by atoms with E-state index in [0.29, 0.717) is 12.1 Å². The van der Waals surface area contributed by atoms with Crippen molar-refractivity contribution < 1.29 is 4.74 Å². The largest absolute Gasteiger partial charge is 0.377 e. The molecule has 2 saturated carbocycles. The molecular weight excluding hydrogens is 234 g/mol. The van der Waals surface area contributed by atoms with Gasteiger partial charge in [-0.2, -0.15) is 0 Å². The molecule has 3 unspecified atom stereocenters. The molecule has 0 bridgehead atoms. The maximum absolute atomic E-state index is 6.27. The van der Waals surface area contributed by atoms with Crippen LogP contribution in [0, 0.1) is 17.8 Å². The number of rotatable bonds is 5. The molecule has 0 aromatic carbocycles. The highest BCUT2D eigenvalue weighted by Gasteiger charge is 2.27. The van der Waals surface area contributed by atoms with E-state index in [1.807, 2.05) is 0 Å². The predicted octanol–water partition coefficient (Wildman–Crippen LogP) is 4.00. The van der Waals surface area contributed by atoms with Crippen LogP contribution in [0.3, 0.4) is 0 Å². The minimum Gasteiger partial charge on any atom is -0.377 e. The summed E-state index contributed by atoms with van der Waals surface area (Å²) >= 11 is 0. The van der Waals surface area contributed by atoms with Crippen molar-refractivity contribution in [1.82, 2.24) is 5.32 Å². The highest BCUT2D eigenvalue weighted by molar-refractivity contribution is 4.80. The monoisotopic (exact) mass is 267 g/mol. The van der Waals surface area contributed by atoms with Gasteiger partial charge in [0.15, 0.2) is 0 Å². The minimum absolute atomic E-state index is 0.512. The first-order valence-electron chi connectivity index (χ1n) is 8.48. The third kappa shape index (κ3) is 4.75. The zero-order valence-electron chi connectivity index (χ0n) is 13.2. The van der Waals surface area contributed by atoms with E-state index in [0.717, 1.165) is 24.4 Å². The summed E-state index contributed by atoms with van der Waals surface area (Å²) in [5.41, 5.74) is 0. The third-order valence-electron chi connectivity index (χ3n) is 5.24. The lowest BCUT2D eigenvalue weighted by molar-refractivity contribution is -0.0171. The molecule has 112 valence electrons. The van der Waals surface area contributed by atoms with Gasteiger partial charge in [0, 0.05) is 6.04 Å². The summed E-state index contributed by atoms with van der Waals surface area (Å²) in [6.07, 6.45) is 11.5. The van der Waals surface area contributed by atoms with E-state index >= 15 is 0 Å². The minimum atomic E-state index is 0.512. The smallest absolute Gasteiger partial charge is 0.0625 e. The Kier molecular flexibility index (Phi) is 6.15. The van der Waals surface area contributed by atoms with Crippen molar-refractivity contribution in [1.29, 1.82) is 0 Å². The van der Waals surface area contributed by atoms with Crippen LogP contribution in [0.5, 0.6) is 0 Å². The molecule has 2 aliphatic carbocycles. The molecule has 0 spiro atoms. The van der Waals surface area contributed by atoms with Crippen molar-refractivity contribution in [3.8, 4) is 0 Å². The predicted molar refractivity (Wildman–Crippen MR) is 81.3 cm³/mol. The van der Waals surface area contributed by atoms with Crippen LogP contribution in [0.15, 0.2) is 0 Å². The van der Waals surface area contributed by atoms with Crippen LogP contribution < -0.4 is 5.32 Å². The highest BCUT2D eigenvalue weighted by atomic mass is 16.5. The summed E-state index contributed by atoms with van der Waals surface area (Å²) in [5.74, 6) is 2.53.